The lowest BCUT2D eigenvalue weighted by molar-refractivity contribution is -0.126. The van der Waals surface area contributed by atoms with E-state index in [1.807, 2.05) is 6.07 Å². The molecular weight excluding hydrogens is 246 g/mol. The van der Waals surface area contributed by atoms with Crippen molar-refractivity contribution < 1.29 is 4.79 Å². The molecule has 1 aliphatic heterocycles. The van der Waals surface area contributed by atoms with Crippen molar-refractivity contribution in [2.75, 3.05) is 11.9 Å². The maximum absolute atomic E-state index is 13.0. The van der Waals surface area contributed by atoms with Crippen molar-refractivity contribution in [1.29, 1.82) is 0 Å². The highest BCUT2D eigenvalue weighted by Crippen LogP contribution is 2.39. The standard InChI is InChI=1S/C18H25NO/c1-12-9-13(2)11-14(10-12)18(20)16-7-8-19-17-6-4-3-5-15(16)17/h3-6,12-14,16,19H,7-11H2,1-2H3. The van der Waals surface area contributed by atoms with E-state index in [0.717, 1.165) is 31.5 Å². The summed E-state index contributed by atoms with van der Waals surface area (Å²) in [4.78, 5) is 13.0. The van der Waals surface area contributed by atoms with E-state index in [0.29, 0.717) is 17.6 Å². The molecule has 3 unspecified atom stereocenters. The summed E-state index contributed by atoms with van der Waals surface area (Å²) in [6.07, 6.45) is 4.42. The first kappa shape index (κ1) is 13.7. The minimum Gasteiger partial charge on any atom is -0.385 e. The fraction of sp³-hybridized carbons (Fsp3) is 0.611. The molecule has 1 N–H and O–H groups in total. The van der Waals surface area contributed by atoms with Crippen LogP contribution in [-0.4, -0.2) is 12.3 Å². The van der Waals surface area contributed by atoms with Crippen LogP contribution in [0.5, 0.6) is 0 Å². The number of carbonyl (C=O) groups is 1. The Morgan fingerprint density at radius 3 is 2.55 bits per heavy atom. The molecule has 1 aromatic rings. The maximum atomic E-state index is 13.0. The normalized spacial score (nSPS) is 33.1. The minimum absolute atomic E-state index is 0.120. The van der Waals surface area contributed by atoms with Crippen molar-refractivity contribution >= 4 is 11.5 Å². The molecule has 3 atom stereocenters. The van der Waals surface area contributed by atoms with Crippen LogP contribution in [0.1, 0.15) is 51.0 Å². The summed E-state index contributed by atoms with van der Waals surface area (Å²) in [6.45, 7) is 5.52. The number of Topliss-reactive ketones (excluding diaryl/α,β-unsaturated/α-hetero) is 1. The third-order valence-electron chi connectivity index (χ3n) is 5.01. The second-order valence-corrected chi connectivity index (χ2v) is 6.87. The Bertz CT molecular complexity index is 486. The van der Waals surface area contributed by atoms with Crippen LogP contribution in [0, 0.1) is 17.8 Å². The van der Waals surface area contributed by atoms with Crippen LogP contribution in [0.15, 0.2) is 24.3 Å². The number of hydrogen-bond acceptors (Lipinski definition) is 2. The molecule has 0 spiro atoms. The molecule has 20 heavy (non-hydrogen) atoms. The molecule has 2 aliphatic rings. The van der Waals surface area contributed by atoms with Gasteiger partial charge in [-0.1, -0.05) is 32.0 Å². The predicted molar refractivity (Wildman–Crippen MR) is 83.0 cm³/mol. The van der Waals surface area contributed by atoms with Crippen LogP contribution in [-0.2, 0) is 4.79 Å². The molecular formula is C18H25NO. The Balaban J connectivity index is 1.81. The van der Waals surface area contributed by atoms with Gasteiger partial charge in [0, 0.05) is 24.1 Å². The second-order valence-electron chi connectivity index (χ2n) is 6.87. The summed E-state index contributed by atoms with van der Waals surface area (Å²) in [7, 11) is 0. The molecule has 1 fully saturated rings. The van der Waals surface area contributed by atoms with Gasteiger partial charge in [0.1, 0.15) is 5.78 Å². The summed E-state index contributed by atoms with van der Waals surface area (Å²) in [5.74, 6) is 2.30. The maximum Gasteiger partial charge on any atom is 0.143 e. The van der Waals surface area contributed by atoms with Gasteiger partial charge in [-0.15, -0.1) is 0 Å². The highest BCUT2D eigenvalue weighted by molar-refractivity contribution is 5.90. The van der Waals surface area contributed by atoms with Gasteiger partial charge in [-0.2, -0.15) is 0 Å². The average Bonchev–Trinajstić information content (AvgIpc) is 2.45. The zero-order chi connectivity index (χ0) is 14.1. The van der Waals surface area contributed by atoms with Gasteiger partial charge in [0.25, 0.3) is 0 Å². The van der Waals surface area contributed by atoms with Crippen LogP contribution in [0.25, 0.3) is 0 Å². The van der Waals surface area contributed by atoms with Crippen LogP contribution in [0.4, 0.5) is 5.69 Å². The number of hydrogen-bond donors (Lipinski definition) is 1. The zero-order valence-corrected chi connectivity index (χ0v) is 12.6. The van der Waals surface area contributed by atoms with Gasteiger partial charge in [-0.05, 0) is 49.1 Å². The SMILES string of the molecule is CC1CC(C)CC(C(=O)C2CCNc3ccccc32)C1. The number of para-hydroxylation sites is 1. The summed E-state index contributed by atoms with van der Waals surface area (Å²) in [5.41, 5.74) is 2.38. The lowest BCUT2D eigenvalue weighted by Gasteiger charge is -2.34. The molecule has 1 aliphatic carbocycles. The van der Waals surface area contributed by atoms with E-state index in [-0.39, 0.29) is 11.8 Å². The number of fused-ring (bicyclic) bond motifs is 1. The van der Waals surface area contributed by atoms with Crippen LogP contribution in [0.2, 0.25) is 0 Å². The van der Waals surface area contributed by atoms with Gasteiger partial charge in [0.05, 0.1) is 0 Å². The number of nitrogens with one attached hydrogen (secondary N) is 1. The third kappa shape index (κ3) is 2.61. The van der Waals surface area contributed by atoms with E-state index in [2.05, 4.69) is 37.4 Å². The molecule has 0 saturated heterocycles. The number of ketones is 1. The predicted octanol–water partition coefficient (Wildman–Crippen LogP) is 4.23. The molecule has 2 heteroatoms. The molecule has 2 nitrogen and oxygen atoms in total. The lowest BCUT2D eigenvalue weighted by Crippen LogP contribution is -2.32. The van der Waals surface area contributed by atoms with Crippen molar-refractivity contribution in [2.45, 2.75) is 45.4 Å². The molecule has 108 valence electrons. The van der Waals surface area contributed by atoms with Gasteiger partial charge < -0.3 is 5.32 Å². The molecule has 0 radical (unpaired) electrons. The topological polar surface area (TPSA) is 29.1 Å². The van der Waals surface area contributed by atoms with Crippen molar-refractivity contribution in [3.63, 3.8) is 0 Å². The van der Waals surface area contributed by atoms with Crippen LogP contribution >= 0.6 is 0 Å². The zero-order valence-electron chi connectivity index (χ0n) is 12.6. The van der Waals surface area contributed by atoms with E-state index in [1.54, 1.807) is 0 Å². The monoisotopic (exact) mass is 271 g/mol. The third-order valence-corrected chi connectivity index (χ3v) is 5.01. The van der Waals surface area contributed by atoms with Gasteiger partial charge in [-0.25, -0.2) is 0 Å². The number of carbonyl (C=O) groups excluding carboxylic acids is 1. The molecule has 1 aromatic carbocycles. The van der Waals surface area contributed by atoms with Crippen molar-refractivity contribution in [3.8, 4) is 0 Å². The largest absolute Gasteiger partial charge is 0.385 e. The molecule has 0 amide bonds. The van der Waals surface area contributed by atoms with E-state index in [1.165, 1.54) is 12.0 Å². The van der Waals surface area contributed by atoms with E-state index < -0.39 is 0 Å². The molecule has 0 aromatic heterocycles. The highest BCUT2D eigenvalue weighted by Gasteiger charge is 2.35. The Morgan fingerprint density at radius 2 is 1.80 bits per heavy atom. The summed E-state index contributed by atoms with van der Waals surface area (Å²) < 4.78 is 0. The van der Waals surface area contributed by atoms with Crippen molar-refractivity contribution in [2.24, 2.45) is 17.8 Å². The van der Waals surface area contributed by atoms with E-state index in [9.17, 15) is 4.79 Å². The molecule has 0 bridgehead atoms. The van der Waals surface area contributed by atoms with Crippen LogP contribution in [0.3, 0.4) is 0 Å². The smallest absolute Gasteiger partial charge is 0.143 e. The second kappa shape index (κ2) is 5.59. The average molecular weight is 271 g/mol. The highest BCUT2D eigenvalue weighted by atomic mass is 16.1. The fourth-order valence-corrected chi connectivity index (χ4v) is 4.23. The Labute approximate surface area is 122 Å². The fourth-order valence-electron chi connectivity index (χ4n) is 4.23. The minimum atomic E-state index is 0.120. The number of benzene rings is 1. The van der Waals surface area contributed by atoms with Gasteiger partial charge in [-0.3, -0.25) is 4.79 Å². The first-order valence-electron chi connectivity index (χ1n) is 8.01. The first-order chi connectivity index (χ1) is 9.65. The molecule has 1 heterocycles. The summed E-state index contributed by atoms with van der Waals surface area (Å²) in [5, 5.41) is 3.42. The van der Waals surface area contributed by atoms with Gasteiger partial charge >= 0.3 is 0 Å². The lowest BCUT2D eigenvalue weighted by atomic mass is 9.71. The Kier molecular flexibility index (Phi) is 3.82. The number of anilines is 1. The Hall–Kier alpha value is -1.31. The van der Waals surface area contributed by atoms with Gasteiger partial charge in [0.2, 0.25) is 0 Å². The summed E-state index contributed by atoms with van der Waals surface area (Å²) >= 11 is 0. The number of rotatable bonds is 2. The van der Waals surface area contributed by atoms with Crippen LogP contribution < -0.4 is 5.32 Å². The van der Waals surface area contributed by atoms with Crippen molar-refractivity contribution in [3.05, 3.63) is 29.8 Å². The Morgan fingerprint density at radius 1 is 1.10 bits per heavy atom. The first-order valence-corrected chi connectivity index (χ1v) is 8.01. The van der Waals surface area contributed by atoms with E-state index >= 15 is 0 Å². The summed E-state index contributed by atoms with van der Waals surface area (Å²) in [6, 6.07) is 8.32. The van der Waals surface area contributed by atoms with Gasteiger partial charge in [0.15, 0.2) is 0 Å². The van der Waals surface area contributed by atoms with Crippen molar-refractivity contribution in [1.82, 2.24) is 0 Å². The molecule has 1 saturated carbocycles. The molecule has 3 rings (SSSR count). The quantitative estimate of drug-likeness (QED) is 0.872. The van der Waals surface area contributed by atoms with E-state index in [4.69, 9.17) is 0 Å².